The van der Waals surface area contributed by atoms with E-state index in [4.69, 9.17) is 14.7 Å². The molecular formula is C17H17NO3. The molecule has 0 fully saturated rings. The number of benzene rings is 2. The van der Waals surface area contributed by atoms with Gasteiger partial charge in [0.25, 0.3) is 0 Å². The quantitative estimate of drug-likeness (QED) is 0.906. The predicted octanol–water partition coefficient (Wildman–Crippen LogP) is 3.80. The molecule has 0 unspecified atom stereocenters. The largest absolute Gasteiger partial charge is 0.493 e. The Morgan fingerprint density at radius 1 is 1.14 bits per heavy atom. The van der Waals surface area contributed by atoms with Crippen LogP contribution in [-0.4, -0.2) is 12.2 Å². The van der Waals surface area contributed by atoms with Gasteiger partial charge in [-0.2, -0.15) is 5.26 Å². The lowest BCUT2D eigenvalue weighted by Crippen LogP contribution is -1.99. The first-order chi connectivity index (χ1) is 10.2. The summed E-state index contributed by atoms with van der Waals surface area (Å²) in [6.07, 6.45) is 0.0239. The lowest BCUT2D eigenvalue weighted by atomic mass is 10.1. The summed E-state index contributed by atoms with van der Waals surface area (Å²) in [5.74, 6) is 1.57. The van der Waals surface area contributed by atoms with Crippen molar-refractivity contribution in [3.8, 4) is 23.3 Å². The Hall–Kier alpha value is -2.51. The standard InChI is InChI=1S/C17H17NO3/c1-3-14(19)13-6-4-5-7-15(13)21-16-9-8-12(11-18)10-17(16)20-2/h4-10,14,19H,3H2,1-2H3/t14-/m0/s1. The van der Waals surface area contributed by atoms with E-state index in [-0.39, 0.29) is 0 Å². The molecule has 0 saturated carbocycles. The molecule has 2 aromatic carbocycles. The fraction of sp³-hybridized carbons (Fsp3) is 0.235. The average Bonchev–Trinajstić information content (AvgIpc) is 2.55. The summed E-state index contributed by atoms with van der Waals surface area (Å²) in [4.78, 5) is 0. The van der Waals surface area contributed by atoms with Gasteiger partial charge in [0.1, 0.15) is 5.75 Å². The Bertz CT molecular complexity index is 661. The van der Waals surface area contributed by atoms with Crippen LogP contribution >= 0.6 is 0 Å². The van der Waals surface area contributed by atoms with Crippen LogP contribution in [0.15, 0.2) is 42.5 Å². The molecule has 1 atom stereocenters. The molecule has 0 aromatic heterocycles. The van der Waals surface area contributed by atoms with Crippen molar-refractivity contribution in [1.29, 1.82) is 5.26 Å². The summed E-state index contributed by atoms with van der Waals surface area (Å²) < 4.78 is 11.1. The number of ether oxygens (including phenoxy) is 2. The third-order valence-corrected chi connectivity index (χ3v) is 3.18. The topological polar surface area (TPSA) is 62.5 Å². The second kappa shape index (κ2) is 6.78. The molecule has 4 heteroatoms. The van der Waals surface area contributed by atoms with Gasteiger partial charge in [-0.05, 0) is 24.6 Å². The van der Waals surface area contributed by atoms with Crippen molar-refractivity contribution in [2.45, 2.75) is 19.4 Å². The van der Waals surface area contributed by atoms with Crippen LogP contribution < -0.4 is 9.47 Å². The highest BCUT2D eigenvalue weighted by Gasteiger charge is 2.14. The summed E-state index contributed by atoms with van der Waals surface area (Å²) >= 11 is 0. The van der Waals surface area contributed by atoms with Crippen molar-refractivity contribution in [2.24, 2.45) is 0 Å². The Labute approximate surface area is 124 Å². The van der Waals surface area contributed by atoms with E-state index < -0.39 is 6.10 Å². The summed E-state index contributed by atoms with van der Waals surface area (Å²) in [6, 6.07) is 14.4. The molecule has 0 aliphatic carbocycles. The molecule has 0 saturated heterocycles. The van der Waals surface area contributed by atoms with Crippen molar-refractivity contribution in [3.63, 3.8) is 0 Å². The van der Waals surface area contributed by atoms with E-state index in [9.17, 15) is 5.11 Å². The van der Waals surface area contributed by atoms with E-state index in [1.54, 1.807) is 24.3 Å². The third-order valence-electron chi connectivity index (χ3n) is 3.18. The van der Waals surface area contributed by atoms with Gasteiger partial charge in [0.15, 0.2) is 11.5 Å². The molecular weight excluding hydrogens is 266 g/mol. The van der Waals surface area contributed by atoms with Crippen LogP contribution in [0.1, 0.15) is 30.6 Å². The number of aliphatic hydroxyl groups excluding tert-OH is 1. The van der Waals surface area contributed by atoms with E-state index in [2.05, 4.69) is 6.07 Å². The van der Waals surface area contributed by atoms with Crippen molar-refractivity contribution in [2.75, 3.05) is 7.11 Å². The summed E-state index contributed by atoms with van der Waals surface area (Å²) in [5, 5.41) is 19.0. The van der Waals surface area contributed by atoms with Gasteiger partial charge in [0.2, 0.25) is 0 Å². The minimum atomic E-state index is -0.578. The second-order valence-electron chi connectivity index (χ2n) is 4.54. The number of para-hydroxylation sites is 1. The highest BCUT2D eigenvalue weighted by Crippen LogP contribution is 2.36. The molecule has 1 N–H and O–H groups in total. The zero-order valence-electron chi connectivity index (χ0n) is 12.0. The maximum absolute atomic E-state index is 10.0. The van der Waals surface area contributed by atoms with Gasteiger partial charge < -0.3 is 14.6 Å². The van der Waals surface area contributed by atoms with Gasteiger partial charge in [0, 0.05) is 11.6 Å². The first-order valence-electron chi connectivity index (χ1n) is 6.72. The average molecular weight is 283 g/mol. The smallest absolute Gasteiger partial charge is 0.169 e. The first-order valence-corrected chi connectivity index (χ1v) is 6.72. The molecule has 0 amide bonds. The number of aliphatic hydroxyl groups is 1. The Balaban J connectivity index is 2.37. The number of hydrogen-bond donors (Lipinski definition) is 1. The van der Waals surface area contributed by atoms with Crippen LogP contribution in [0.25, 0.3) is 0 Å². The third kappa shape index (κ3) is 3.33. The van der Waals surface area contributed by atoms with Crippen molar-refractivity contribution < 1.29 is 14.6 Å². The summed E-state index contributed by atoms with van der Waals surface area (Å²) in [7, 11) is 1.52. The maximum atomic E-state index is 10.0. The van der Waals surface area contributed by atoms with E-state index >= 15 is 0 Å². The van der Waals surface area contributed by atoms with Crippen LogP contribution in [0.4, 0.5) is 0 Å². The molecule has 0 spiro atoms. The van der Waals surface area contributed by atoms with Crippen LogP contribution in [0, 0.1) is 11.3 Å². The fourth-order valence-electron chi connectivity index (χ4n) is 2.01. The summed E-state index contributed by atoms with van der Waals surface area (Å²) in [6.45, 7) is 1.91. The highest BCUT2D eigenvalue weighted by molar-refractivity contribution is 5.49. The molecule has 0 aliphatic rings. The van der Waals surface area contributed by atoms with Gasteiger partial charge in [-0.15, -0.1) is 0 Å². The van der Waals surface area contributed by atoms with Crippen molar-refractivity contribution >= 4 is 0 Å². The van der Waals surface area contributed by atoms with Gasteiger partial charge in [-0.3, -0.25) is 0 Å². The fourth-order valence-corrected chi connectivity index (χ4v) is 2.01. The molecule has 0 radical (unpaired) electrons. The van der Waals surface area contributed by atoms with Crippen molar-refractivity contribution in [1.82, 2.24) is 0 Å². The maximum Gasteiger partial charge on any atom is 0.169 e. The number of nitriles is 1. The Kier molecular flexibility index (Phi) is 4.81. The molecule has 21 heavy (non-hydrogen) atoms. The number of nitrogens with zero attached hydrogens (tertiary/aromatic N) is 1. The Morgan fingerprint density at radius 3 is 2.57 bits per heavy atom. The van der Waals surface area contributed by atoms with Crippen LogP contribution in [0.3, 0.4) is 0 Å². The zero-order valence-corrected chi connectivity index (χ0v) is 12.0. The first kappa shape index (κ1) is 14.9. The number of rotatable bonds is 5. The zero-order chi connectivity index (χ0) is 15.2. The molecule has 2 aromatic rings. The minimum Gasteiger partial charge on any atom is -0.493 e. The normalized spacial score (nSPS) is 11.5. The predicted molar refractivity (Wildman–Crippen MR) is 79.5 cm³/mol. The van der Waals surface area contributed by atoms with E-state index in [1.807, 2.05) is 25.1 Å². The van der Waals surface area contributed by atoms with Gasteiger partial charge in [-0.25, -0.2) is 0 Å². The molecule has 0 bridgehead atoms. The summed E-state index contributed by atoms with van der Waals surface area (Å²) in [5.41, 5.74) is 1.23. The monoisotopic (exact) mass is 283 g/mol. The Morgan fingerprint density at radius 2 is 1.90 bits per heavy atom. The molecule has 2 rings (SSSR count). The van der Waals surface area contributed by atoms with E-state index in [0.29, 0.717) is 29.2 Å². The van der Waals surface area contributed by atoms with Crippen LogP contribution in [0.2, 0.25) is 0 Å². The van der Waals surface area contributed by atoms with Crippen LogP contribution in [-0.2, 0) is 0 Å². The lowest BCUT2D eigenvalue weighted by molar-refractivity contribution is 0.170. The molecule has 108 valence electrons. The van der Waals surface area contributed by atoms with E-state index in [1.165, 1.54) is 7.11 Å². The number of methoxy groups -OCH3 is 1. The lowest BCUT2D eigenvalue weighted by Gasteiger charge is -2.16. The minimum absolute atomic E-state index is 0.481. The SMILES string of the molecule is CC[C@H](O)c1ccccc1Oc1ccc(C#N)cc1OC. The second-order valence-corrected chi connectivity index (χ2v) is 4.54. The van der Waals surface area contributed by atoms with Crippen molar-refractivity contribution in [3.05, 3.63) is 53.6 Å². The van der Waals surface area contributed by atoms with Gasteiger partial charge in [0.05, 0.1) is 24.8 Å². The molecule has 4 nitrogen and oxygen atoms in total. The van der Waals surface area contributed by atoms with Gasteiger partial charge in [-0.1, -0.05) is 25.1 Å². The van der Waals surface area contributed by atoms with E-state index in [0.717, 1.165) is 5.56 Å². The molecule has 0 heterocycles. The number of hydrogen-bond acceptors (Lipinski definition) is 4. The highest BCUT2D eigenvalue weighted by atomic mass is 16.5. The molecule has 0 aliphatic heterocycles. The van der Waals surface area contributed by atoms with Crippen LogP contribution in [0.5, 0.6) is 17.2 Å². The van der Waals surface area contributed by atoms with Gasteiger partial charge >= 0.3 is 0 Å².